The minimum atomic E-state index is -0.694. The predicted octanol–water partition coefficient (Wildman–Crippen LogP) is 5.25. The molecule has 0 saturated carbocycles. The maximum absolute atomic E-state index is 13.3. The molecule has 0 saturated heterocycles. The highest BCUT2D eigenvalue weighted by atomic mass is 32.1. The van der Waals surface area contributed by atoms with Crippen molar-refractivity contribution < 1.29 is 4.79 Å². The summed E-state index contributed by atoms with van der Waals surface area (Å²) in [4.78, 5) is 31.3. The number of benzene rings is 2. The molecule has 0 aliphatic heterocycles. The second-order valence-corrected chi connectivity index (χ2v) is 8.42. The number of rotatable bonds is 4. The minimum Gasteiger partial charge on any atom is -0.324 e. The van der Waals surface area contributed by atoms with Gasteiger partial charge in [-0.3, -0.25) is 14.2 Å². The van der Waals surface area contributed by atoms with Crippen molar-refractivity contribution in [2.24, 2.45) is 0 Å². The third kappa shape index (κ3) is 3.55. The molecule has 1 amide bonds. The average molecular weight is 418 g/mol. The molecule has 0 fully saturated rings. The van der Waals surface area contributed by atoms with E-state index in [9.17, 15) is 9.59 Å². The number of carbonyl (C=O) groups is 1. The maximum Gasteiger partial charge on any atom is 0.263 e. The van der Waals surface area contributed by atoms with Crippen molar-refractivity contribution in [1.29, 1.82) is 0 Å². The second-order valence-electron chi connectivity index (χ2n) is 7.57. The fraction of sp³-hybridized carbons (Fsp3) is 0.208. The van der Waals surface area contributed by atoms with E-state index in [1.54, 1.807) is 6.92 Å². The van der Waals surface area contributed by atoms with Crippen LogP contribution < -0.4 is 10.9 Å². The molecule has 4 aromatic rings. The molecule has 1 unspecified atom stereocenters. The topological polar surface area (TPSA) is 64.0 Å². The van der Waals surface area contributed by atoms with Gasteiger partial charge in [0, 0.05) is 16.6 Å². The highest BCUT2D eigenvalue weighted by molar-refractivity contribution is 7.17. The van der Waals surface area contributed by atoms with Crippen LogP contribution in [0, 0.1) is 20.8 Å². The van der Waals surface area contributed by atoms with E-state index in [2.05, 4.69) is 10.3 Å². The third-order valence-electron chi connectivity index (χ3n) is 5.54. The first-order valence-corrected chi connectivity index (χ1v) is 10.7. The van der Waals surface area contributed by atoms with Gasteiger partial charge in [-0.15, -0.1) is 11.3 Å². The highest BCUT2D eigenvalue weighted by Crippen LogP contribution is 2.31. The minimum absolute atomic E-state index is 0.208. The van der Waals surface area contributed by atoms with Crippen LogP contribution in [0.1, 0.15) is 29.7 Å². The van der Waals surface area contributed by atoms with E-state index in [1.165, 1.54) is 22.2 Å². The smallest absolute Gasteiger partial charge is 0.263 e. The quantitative estimate of drug-likeness (QED) is 0.493. The summed E-state index contributed by atoms with van der Waals surface area (Å²) in [7, 11) is 0. The molecule has 0 spiro atoms. The summed E-state index contributed by atoms with van der Waals surface area (Å²) in [5, 5.41) is 5.45. The molecule has 0 bridgehead atoms. The Bertz CT molecular complexity index is 1300. The number of thiophene rings is 1. The van der Waals surface area contributed by atoms with Crippen molar-refractivity contribution in [3.05, 3.63) is 81.2 Å². The molecule has 1 N–H and O–H groups in total. The number of anilines is 1. The largest absolute Gasteiger partial charge is 0.324 e. The van der Waals surface area contributed by atoms with Gasteiger partial charge >= 0.3 is 0 Å². The first-order valence-electron chi connectivity index (χ1n) is 9.79. The van der Waals surface area contributed by atoms with Gasteiger partial charge in [0.2, 0.25) is 5.91 Å². The van der Waals surface area contributed by atoms with Gasteiger partial charge in [-0.2, -0.15) is 0 Å². The van der Waals surface area contributed by atoms with Crippen LogP contribution in [0.4, 0.5) is 5.69 Å². The zero-order valence-electron chi connectivity index (χ0n) is 17.4. The van der Waals surface area contributed by atoms with Crippen LogP contribution in [0.5, 0.6) is 0 Å². The van der Waals surface area contributed by atoms with E-state index in [-0.39, 0.29) is 11.5 Å². The van der Waals surface area contributed by atoms with Gasteiger partial charge in [-0.1, -0.05) is 42.0 Å². The fourth-order valence-corrected chi connectivity index (χ4v) is 4.32. The highest BCUT2D eigenvalue weighted by Gasteiger charge is 2.21. The summed E-state index contributed by atoms with van der Waals surface area (Å²) in [6, 6.07) is 13.1. The molecule has 0 aliphatic carbocycles. The van der Waals surface area contributed by atoms with Gasteiger partial charge in [-0.25, -0.2) is 4.98 Å². The monoisotopic (exact) mass is 417 g/mol. The van der Waals surface area contributed by atoms with Gasteiger partial charge < -0.3 is 5.32 Å². The van der Waals surface area contributed by atoms with Crippen molar-refractivity contribution in [2.45, 2.75) is 33.7 Å². The Morgan fingerprint density at radius 2 is 1.83 bits per heavy atom. The predicted molar refractivity (Wildman–Crippen MR) is 123 cm³/mol. The van der Waals surface area contributed by atoms with E-state index in [0.29, 0.717) is 10.2 Å². The number of aryl methyl sites for hydroxylation is 2. The van der Waals surface area contributed by atoms with Crippen LogP contribution in [0.2, 0.25) is 0 Å². The zero-order valence-corrected chi connectivity index (χ0v) is 18.2. The van der Waals surface area contributed by atoms with Gasteiger partial charge in [-0.05, 0) is 50.5 Å². The average Bonchev–Trinajstić information content (AvgIpc) is 3.17. The third-order valence-corrected chi connectivity index (χ3v) is 6.43. The summed E-state index contributed by atoms with van der Waals surface area (Å²) in [5.74, 6) is -0.251. The fourth-order valence-electron chi connectivity index (χ4n) is 3.42. The summed E-state index contributed by atoms with van der Waals surface area (Å²) in [5.41, 5.74) is 5.64. The Balaban J connectivity index is 1.72. The number of hydrogen-bond donors (Lipinski definition) is 1. The van der Waals surface area contributed by atoms with Gasteiger partial charge in [0.25, 0.3) is 5.56 Å². The van der Waals surface area contributed by atoms with Crippen LogP contribution >= 0.6 is 11.3 Å². The Morgan fingerprint density at radius 3 is 2.57 bits per heavy atom. The number of fused-ring (bicyclic) bond motifs is 1. The molecule has 30 heavy (non-hydrogen) atoms. The zero-order chi connectivity index (χ0) is 21.4. The van der Waals surface area contributed by atoms with Crippen LogP contribution in [-0.2, 0) is 4.79 Å². The standard InChI is InChI=1S/C24H23N3O2S/c1-14-8-10-18(11-9-14)19-12-30-23-21(19)24(29)27(13-25-23)17(4)22(28)26-20-7-5-6-15(2)16(20)3/h5-13,17H,1-4H3,(H,26,28). The molecule has 1 atom stereocenters. The van der Waals surface area contributed by atoms with E-state index < -0.39 is 6.04 Å². The van der Waals surface area contributed by atoms with Crippen molar-refractivity contribution in [2.75, 3.05) is 5.32 Å². The second kappa shape index (κ2) is 7.88. The van der Waals surface area contributed by atoms with Gasteiger partial charge in [0.15, 0.2) is 0 Å². The van der Waals surface area contributed by atoms with Gasteiger partial charge in [0.05, 0.1) is 11.7 Å². The van der Waals surface area contributed by atoms with Crippen molar-refractivity contribution in [1.82, 2.24) is 9.55 Å². The summed E-state index contributed by atoms with van der Waals surface area (Å²) >= 11 is 1.44. The molecule has 2 heterocycles. The lowest BCUT2D eigenvalue weighted by molar-refractivity contribution is -0.118. The summed E-state index contributed by atoms with van der Waals surface area (Å²) in [6.45, 7) is 7.71. The molecular formula is C24H23N3O2S. The molecule has 5 nitrogen and oxygen atoms in total. The van der Waals surface area contributed by atoms with Crippen molar-refractivity contribution >= 4 is 33.1 Å². The molecule has 4 rings (SSSR count). The van der Waals surface area contributed by atoms with Crippen molar-refractivity contribution in [3.63, 3.8) is 0 Å². The first kappa shape index (κ1) is 20.0. The number of carbonyl (C=O) groups excluding carboxylic acids is 1. The lowest BCUT2D eigenvalue weighted by Crippen LogP contribution is -2.32. The molecule has 0 aliphatic rings. The summed E-state index contributed by atoms with van der Waals surface area (Å²) in [6.07, 6.45) is 1.47. The maximum atomic E-state index is 13.3. The lowest BCUT2D eigenvalue weighted by Gasteiger charge is -2.17. The van der Waals surface area contributed by atoms with Crippen LogP contribution in [-0.4, -0.2) is 15.5 Å². The number of nitrogens with zero attached hydrogens (tertiary/aromatic N) is 2. The number of aromatic nitrogens is 2. The molecular weight excluding hydrogens is 394 g/mol. The number of amides is 1. The normalized spacial score (nSPS) is 12.1. The van der Waals surface area contributed by atoms with Crippen molar-refractivity contribution in [3.8, 4) is 11.1 Å². The number of nitrogens with one attached hydrogen (secondary N) is 1. The van der Waals surface area contributed by atoms with E-state index in [0.717, 1.165) is 33.5 Å². The molecule has 152 valence electrons. The first-order chi connectivity index (χ1) is 14.4. The Kier molecular flexibility index (Phi) is 5.26. The Morgan fingerprint density at radius 1 is 1.10 bits per heavy atom. The number of hydrogen-bond acceptors (Lipinski definition) is 4. The van der Waals surface area contributed by atoms with Crippen LogP contribution in [0.3, 0.4) is 0 Å². The Hall–Kier alpha value is -3.25. The van der Waals surface area contributed by atoms with Crippen LogP contribution in [0.15, 0.2) is 59.0 Å². The van der Waals surface area contributed by atoms with E-state index >= 15 is 0 Å². The molecule has 2 aromatic heterocycles. The SMILES string of the molecule is Cc1ccc(-c2csc3ncn(C(C)C(=O)Nc4cccc(C)c4C)c(=O)c23)cc1. The Labute approximate surface area is 179 Å². The molecule has 6 heteroatoms. The summed E-state index contributed by atoms with van der Waals surface area (Å²) < 4.78 is 1.41. The molecule has 2 aromatic carbocycles. The lowest BCUT2D eigenvalue weighted by atomic mass is 10.0. The van der Waals surface area contributed by atoms with Crippen LogP contribution in [0.25, 0.3) is 21.3 Å². The van der Waals surface area contributed by atoms with Gasteiger partial charge in [0.1, 0.15) is 10.9 Å². The molecule has 0 radical (unpaired) electrons. The van der Waals surface area contributed by atoms with E-state index in [1.807, 2.05) is 68.6 Å². The van der Waals surface area contributed by atoms with E-state index in [4.69, 9.17) is 0 Å².